The van der Waals surface area contributed by atoms with Gasteiger partial charge in [0.2, 0.25) is 0 Å². The third-order valence-electron chi connectivity index (χ3n) is 5.96. The van der Waals surface area contributed by atoms with Crippen LogP contribution in [-0.4, -0.2) is 22.6 Å². The van der Waals surface area contributed by atoms with Gasteiger partial charge in [-0.2, -0.15) is 0 Å². The molecule has 0 heterocycles. The van der Waals surface area contributed by atoms with Gasteiger partial charge < -0.3 is 5.11 Å². The monoisotopic (exact) mass is 332 g/mol. The smallest absolute Gasteiger partial charge is 0.303 e. The van der Waals surface area contributed by atoms with E-state index in [2.05, 4.69) is 13.8 Å². The second-order valence-electron chi connectivity index (χ2n) is 8.45. The number of carbonyl (C=O) groups excluding carboxylic acids is 2. The zero-order chi connectivity index (χ0) is 18.3. The molecule has 2 aliphatic rings. The Kier molecular flexibility index (Phi) is 4.89. The quantitative estimate of drug-likeness (QED) is 0.791. The highest BCUT2D eigenvalue weighted by atomic mass is 16.4. The van der Waals surface area contributed by atoms with Crippen molar-refractivity contribution in [1.29, 1.82) is 0 Å². The molecule has 24 heavy (non-hydrogen) atoms. The second kappa shape index (κ2) is 6.30. The van der Waals surface area contributed by atoms with E-state index in [9.17, 15) is 19.5 Å². The standard InChI is InChI=1S/C20H28O4/c1-12(2)13-9-16(22)14(10-15(13)21)20(5)8-6-7-19(3,4)17(20)11-18(23)24/h9-10,12,17H,6-8,11H2,1-5H3,(H,23,24)/t17-,20+/m1/s1. The third kappa shape index (κ3) is 3.24. The molecule has 0 amide bonds. The predicted molar refractivity (Wildman–Crippen MR) is 92.5 cm³/mol. The van der Waals surface area contributed by atoms with Crippen molar-refractivity contribution in [2.75, 3.05) is 0 Å². The van der Waals surface area contributed by atoms with E-state index < -0.39 is 11.4 Å². The van der Waals surface area contributed by atoms with E-state index in [0.29, 0.717) is 11.1 Å². The van der Waals surface area contributed by atoms with Gasteiger partial charge >= 0.3 is 5.97 Å². The van der Waals surface area contributed by atoms with Gasteiger partial charge in [0.15, 0.2) is 11.6 Å². The fourth-order valence-electron chi connectivity index (χ4n) is 4.59. The van der Waals surface area contributed by atoms with E-state index in [1.165, 1.54) is 12.2 Å². The van der Waals surface area contributed by atoms with Crippen LogP contribution in [0.25, 0.3) is 0 Å². The fourth-order valence-corrected chi connectivity index (χ4v) is 4.59. The molecular formula is C20H28O4. The highest BCUT2D eigenvalue weighted by Crippen LogP contribution is 2.56. The maximum atomic E-state index is 12.8. The highest BCUT2D eigenvalue weighted by Gasteiger charge is 2.51. The number of rotatable bonds is 4. The summed E-state index contributed by atoms with van der Waals surface area (Å²) in [6.45, 7) is 9.90. The number of aliphatic carboxylic acids is 1. The van der Waals surface area contributed by atoms with Crippen molar-refractivity contribution in [1.82, 2.24) is 0 Å². The first kappa shape index (κ1) is 18.6. The van der Waals surface area contributed by atoms with Gasteiger partial charge in [-0.25, -0.2) is 0 Å². The van der Waals surface area contributed by atoms with Gasteiger partial charge in [-0.05, 0) is 42.2 Å². The van der Waals surface area contributed by atoms with Gasteiger partial charge in [0, 0.05) is 23.0 Å². The molecule has 0 aromatic carbocycles. The SMILES string of the molecule is CC(C)C1=CC(=O)C([C@]2(C)CCCC(C)(C)[C@H]2CC(=O)O)=CC1=O. The molecule has 0 aromatic rings. The van der Waals surface area contributed by atoms with Gasteiger partial charge in [0.1, 0.15) is 0 Å². The molecule has 0 bridgehead atoms. The minimum absolute atomic E-state index is 0.00432. The van der Waals surface area contributed by atoms with Crippen LogP contribution in [0.5, 0.6) is 0 Å². The summed E-state index contributed by atoms with van der Waals surface area (Å²) in [5, 5.41) is 9.38. The van der Waals surface area contributed by atoms with Crippen LogP contribution in [-0.2, 0) is 14.4 Å². The maximum Gasteiger partial charge on any atom is 0.303 e. The number of hydrogen-bond donors (Lipinski definition) is 1. The van der Waals surface area contributed by atoms with E-state index in [1.54, 1.807) is 0 Å². The number of ketones is 2. The lowest BCUT2D eigenvalue weighted by Crippen LogP contribution is -2.46. The fraction of sp³-hybridized carbons (Fsp3) is 0.650. The molecule has 0 radical (unpaired) electrons. The molecule has 1 saturated carbocycles. The summed E-state index contributed by atoms with van der Waals surface area (Å²) in [5.41, 5.74) is 0.275. The van der Waals surface area contributed by atoms with Crippen LogP contribution in [0.15, 0.2) is 23.3 Å². The number of carbonyl (C=O) groups is 3. The zero-order valence-corrected chi connectivity index (χ0v) is 15.3. The van der Waals surface area contributed by atoms with E-state index >= 15 is 0 Å². The molecule has 0 saturated heterocycles. The topological polar surface area (TPSA) is 71.4 Å². The molecule has 0 aromatic heterocycles. The molecule has 132 valence electrons. The lowest BCUT2D eigenvalue weighted by Gasteiger charge is -2.51. The maximum absolute atomic E-state index is 12.8. The average Bonchev–Trinajstić information content (AvgIpc) is 2.44. The molecule has 0 spiro atoms. The molecule has 4 heteroatoms. The first-order valence-electron chi connectivity index (χ1n) is 8.73. The molecular weight excluding hydrogens is 304 g/mol. The van der Waals surface area contributed by atoms with E-state index in [4.69, 9.17) is 0 Å². The minimum atomic E-state index is -0.852. The predicted octanol–water partition coefficient (Wildman–Crippen LogP) is 3.95. The van der Waals surface area contributed by atoms with Crippen molar-refractivity contribution < 1.29 is 19.5 Å². The Balaban J connectivity index is 2.47. The summed E-state index contributed by atoms with van der Waals surface area (Å²) >= 11 is 0. The summed E-state index contributed by atoms with van der Waals surface area (Å²) < 4.78 is 0. The van der Waals surface area contributed by atoms with Gasteiger partial charge in [-0.15, -0.1) is 0 Å². The van der Waals surface area contributed by atoms with Gasteiger partial charge in [0.25, 0.3) is 0 Å². The van der Waals surface area contributed by atoms with Crippen LogP contribution < -0.4 is 0 Å². The number of allylic oxidation sites excluding steroid dienone is 4. The Morgan fingerprint density at radius 3 is 2.33 bits per heavy atom. The summed E-state index contributed by atoms with van der Waals surface area (Å²) in [6, 6.07) is 0. The molecule has 0 unspecified atom stereocenters. The Bertz CT molecular complexity index is 636. The average molecular weight is 332 g/mol. The lowest BCUT2D eigenvalue weighted by molar-refractivity contribution is -0.142. The molecule has 1 N–H and O–H groups in total. The Morgan fingerprint density at radius 2 is 1.79 bits per heavy atom. The molecule has 0 aliphatic heterocycles. The summed E-state index contributed by atoms with van der Waals surface area (Å²) in [6.07, 6.45) is 5.57. The Hall–Kier alpha value is -1.71. The molecule has 2 atom stereocenters. The van der Waals surface area contributed by atoms with Crippen LogP contribution in [0.1, 0.15) is 60.3 Å². The van der Waals surface area contributed by atoms with Gasteiger partial charge in [0.05, 0.1) is 0 Å². The van der Waals surface area contributed by atoms with Crippen molar-refractivity contribution in [2.45, 2.75) is 60.3 Å². The summed E-state index contributed by atoms with van der Waals surface area (Å²) in [4.78, 5) is 36.6. The van der Waals surface area contributed by atoms with Crippen LogP contribution in [0, 0.1) is 22.7 Å². The molecule has 1 fully saturated rings. The van der Waals surface area contributed by atoms with Crippen LogP contribution >= 0.6 is 0 Å². The normalized spacial score (nSPS) is 30.2. The highest BCUT2D eigenvalue weighted by molar-refractivity contribution is 6.20. The molecule has 2 aliphatic carbocycles. The van der Waals surface area contributed by atoms with Crippen LogP contribution in [0.4, 0.5) is 0 Å². The summed E-state index contributed by atoms with van der Waals surface area (Å²) in [7, 11) is 0. The third-order valence-corrected chi connectivity index (χ3v) is 5.96. The summed E-state index contributed by atoms with van der Waals surface area (Å²) in [5.74, 6) is -1.26. The lowest BCUT2D eigenvalue weighted by atomic mass is 9.52. The van der Waals surface area contributed by atoms with Crippen molar-refractivity contribution in [3.8, 4) is 0 Å². The van der Waals surface area contributed by atoms with E-state index in [-0.39, 0.29) is 35.2 Å². The largest absolute Gasteiger partial charge is 0.481 e. The first-order valence-corrected chi connectivity index (χ1v) is 8.73. The second-order valence-corrected chi connectivity index (χ2v) is 8.45. The minimum Gasteiger partial charge on any atom is -0.481 e. The number of carboxylic acid groups (broad SMARTS) is 1. The molecule has 4 nitrogen and oxygen atoms in total. The van der Waals surface area contributed by atoms with Crippen LogP contribution in [0.2, 0.25) is 0 Å². The molecule has 2 rings (SSSR count). The van der Waals surface area contributed by atoms with Crippen molar-refractivity contribution >= 4 is 17.5 Å². The number of hydrogen-bond acceptors (Lipinski definition) is 3. The van der Waals surface area contributed by atoms with E-state index in [1.807, 2.05) is 20.8 Å². The Morgan fingerprint density at radius 1 is 1.17 bits per heavy atom. The van der Waals surface area contributed by atoms with Crippen molar-refractivity contribution in [3.63, 3.8) is 0 Å². The van der Waals surface area contributed by atoms with Gasteiger partial charge in [-0.1, -0.05) is 41.0 Å². The Labute approximate surface area is 144 Å². The van der Waals surface area contributed by atoms with Crippen LogP contribution in [0.3, 0.4) is 0 Å². The van der Waals surface area contributed by atoms with Gasteiger partial charge in [-0.3, -0.25) is 14.4 Å². The van der Waals surface area contributed by atoms with Crippen molar-refractivity contribution in [3.05, 3.63) is 23.3 Å². The zero-order valence-electron chi connectivity index (χ0n) is 15.3. The van der Waals surface area contributed by atoms with Crippen molar-refractivity contribution in [2.24, 2.45) is 22.7 Å². The first-order chi connectivity index (χ1) is 11.0. The number of carboxylic acids is 1. The van der Waals surface area contributed by atoms with E-state index in [0.717, 1.165) is 19.3 Å².